The van der Waals surface area contributed by atoms with Gasteiger partial charge in [-0.2, -0.15) is 17.0 Å². The van der Waals surface area contributed by atoms with E-state index in [4.69, 9.17) is 0 Å². The zero-order chi connectivity index (χ0) is 21.6. The summed E-state index contributed by atoms with van der Waals surface area (Å²) in [6.07, 6.45) is 3.78. The number of rotatable bonds is 8. The topological polar surface area (TPSA) is 76.2 Å². The highest BCUT2D eigenvalue weighted by atomic mass is 32.2. The first-order valence-corrected chi connectivity index (χ1v) is 12.5. The number of piperidine rings is 1. The summed E-state index contributed by atoms with van der Waals surface area (Å²) in [4.78, 5) is 16.8. The van der Waals surface area contributed by atoms with E-state index in [1.54, 1.807) is 0 Å². The third kappa shape index (κ3) is 5.72. The summed E-state index contributed by atoms with van der Waals surface area (Å²) < 4.78 is 28.2. The van der Waals surface area contributed by atoms with Crippen molar-refractivity contribution >= 4 is 27.5 Å². The molecule has 2 fully saturated rings. The Bertz CT molecular complexity index is 781. The SMILES string of the molecule is CCN(CC)S(=O)(=O)N1CCN(CC(=O)Nc2ccc(N3CCCCC3)cc2)CC1. The van der Waals surface area contributed by atoms with Crippen molar-refractivity contribution in [3.05, 3.63) is 24.3 Å². The van der Waals surface area contributed by atoms with Crippen molar-refractivity contribution < 1.29 is 13.2 Å². The maximum atomic E-state index is 12.6. The number of amides is 1. The molecule has 0 aromatic heterocycles. The summed E-state index contributed by atoms with van der Waals surface area (Å²) >= 11 is 0. The highest BCUT2D eigenvalue weighted by Crippen LogP contribution is 2.22. The van der Waals surface area contributed by atoms with Gasteiger partial charge in [-0.05, 0) is 43.5 Å². The number of hydrogen-bond acceptors (Lipinski definition) is 5. The van der Waals surface area contributed by atoms with Crippen molar-refractivity contribution in [2.75, 3.05) is 69.1 Å². The predicted molar refractivity (Wildman–Crippen MR) is 121 cm³/mol. The summed E-state index contributed by atoms with van der Waals surface area (Å²) in [7, 11) is -3.40. The first-order chi connectivity index (χ1) is 14.4. The quantitative estimate of drug-likeness (QED) is 0.671. The second kappa shape index (κ2) is 10.6. The minimum Gasteiger partial charge on any atom is -0.372 e. The number of benzene rings is 1. The van der Waals surface area contributed by atoms with E-state index < -0.39 is 10.2 Å². The van der Waals surface area contributed by atoms with Gasteiger partial charge in [0.15, 0.2) is 0 Å². The normalized spacial score (nSPS) is 19.2. The van der Waals surface area contributed by atoms with Gasteiger partial charge >= 0.3 is 0 Å². The van der Waals surface area contributed by atoms with Gasteiger partial charge < -0.3 is 10.2 Å². The first kappa shape index (κ1) is 23.0. The minimum atomic E-state index is -3.40. The predicted octanol–water partition coefficient (Wildman–Crippen LogP) is 1.82. The van der Waals surface area contributed by atoms with Crippen LogP contribution in [0.5, 0.6) is 0 Å². The molecule has 8 nitrogen and oxygen atoms in total. The Hall–Kier alpha value is -1.68. The zero-order valence-electron chi connectivity index (χ0n) is 18.2. The largest absolute Gasteiger partial charge is 0.372 e. The van der Waals surface area contributed by atoms with Crippen LogP contribution in [0.15, 0.2) is 24.3 Å². The van der Waals surface area contributed by atoms with Gasteiger partial charge in [0.05, 0.1) is 6.54 Å². The molecule has 168 valence electrons. The highest BCUT2D eigenvalue weighted by Gasteiger charge is 2.31. The van der Waals surface area contributed by atoms with Crippen molar-refractivity contribution in [3.8, 4) is 0 Å². The molecule has 0 aliphatic carbocycles. The Morgan fingerprint density at radius 2 is 1.53 bits per heavy atom. The van der Waals surface area contributed by atoms with E-state index in [-0.39, 0.29) is 12.5 Å². The van der Waals surface area contributed by atoms with E-state index in [0.29, 0.717) is 39.3 Å². The molecule has 3 rings (SSSR count). The van der Waals surface area contributed by atoms with Crippen LogP contribution in [0.1, 0.15) is 33.1 Å². The molecule has 2 aliphatic heterocycles. The van der Waals surface area contributed by atoms with E-state index in [1.165, 1.54) is 33.6 Å². The second-order valence-electron chi connectivity index (χ2n) is 7.91. The summed E-state index contributed by atoms with van der Waals surface area (Å²) in [6, 6.07) is 8.04. The number of hydrogen-bond donors (Lipinski definition) is 1. The zero-order valence-corrected chi connectivity index (χ0v) is 19.0. The number of anilines is 2. The molecule has 2 saturated heterocycles. The van der Waals surface area contributed by atoms with Crippen LogP contribution < -0.4 is 10.2 Å². The lowest BCUT2D eigenvalue weighted by atomic mass is 10.1. The lowest BCUT2D eigenvalue weighted by Crippen LogP contribution is -2.54. The number of nitrogens with one attached hydrogen (secondary N) is 1. The Balaban J connectivity index is 1.46. The van der Waals surface area contributed by atoms with Crippen LogP contribution in [0.3, 0.4) is 0 Å². The van der Waals surface area contributed by atoms with Gasteiger partial charge in [-0.15, -0.1) is 0 Å². The molecule has 9 heteroatoms. The molecule has 2 heterocycles. The molecule has 1 aromatic carbocycles. The molecule has 1 amide bonds. The molecule has 0 unspecified atom stereocenters. The van der Waals surface area contributed by atoms with Crippen LogP contribution in [0.25, 0.3) is 0 Å². The molecular formula is C21H35N5O3S. The van der Waals surface area contributed by atoms with Gasteiger partial charge in [0, 0.05) is 63.7 Å². The lowest BCUT2D eigenvalue weighted by Gasteiger charge is -2.35. The molecule has 2 aliphatic rings. The van der Waals surface area contributed by atoms with Crippen LogP contribution in [0.2, 0.25) is 0 Å². The molecule has 30 heavy (non-hydrogen) atoms. The van der Waals surface area contributed by atoms with Crippen molar-refractivity contribution in [1.82, 2.24) is 13.5 Å². The van der Waals surface area contributed by atoms with E-state index in [9.17, 15) is 13.2 Å². The molecule has 1 aromatic rings. The Kier molecular flexibility index (Phi) is 8.10. The number of nitrogens with zero attached hydrogens (tertiary/aromatic N) is 4. The van der Waals surface area contributed by atoms with Gasteiger partial charge in [0.1, 0.15) is 0 Å². The van der Waals surface area contributed by atoms with Crippen molar-refractivity contribution in [2.45, 2.75) is 33.1 Å². The standard InChI is InChI=1S/C21H35N5O3S/c1-3-25(4-2)30(28,29)26-16-14-23(15-17-26)18-21(27)22-19-8-10-20(11-9-19)24-12-6-5-7-13-24/h8-11H,3-7,12-18H2,1-2H3,(H,22,27). The van der Waals surface area contributed by atoms with Gasteiger partial charge in [0.25, 0.3) is 10.2 Å². The van der Waals surface area contributed by atoms with Crippen LogP contribution >= 0.6 is 0 Å². The molecule has 0 bridgehead atoms. The smallest absolute Gasteiger partial charge is 0.282 e. The summed E-state index contributed by atoms with van der Waals surface area (Å²) in [5, 5.41) is 2.96. The maximum Gasteiger partial charge on any atom is 0.282 e. The summed E-state index contributed by atoms with van der Waals surface area (Å²) in [5.41, 5.74) is 2.00. The third-order valence-corrected chi connectivity index (χ3v) is 8.12. The first-order valence-electron chi connectivity index (χ1n) is 11.1. The van der Waals surface area contributed by atoms with Gasteiger partial charge in [-0.3, -0.25) is 9.69 Å². The molecule has 0 spiro atoms. The van der Waals surface area contributed by atoms with Gasteiger partial charge in [0.2, 0.25) is 5.91 Å². The van der Waals surface area contributed by atoms with Crippen LogP contribution in [0.4, 0.5) is 11.4 Å². The van der Waals surface area contributed by atoms with E-state index in [2.05, 4.69) is 22.3 Å². The number of carbonyl (C=O) groups excluding carboxylic acids is 1. The number of piperazine rings is 1. The average molecular weight is 438 g/mol. The van der Waals surface area contributed by atoms with Crippen molar-refractivity contribution in [2.24, 2.45) is 0 Å². The molecule has 0 saturated carbocycles. The Morgan fingerprint density at radius 3 is 2.10 bits per heavy atom. The summed E-state index contributed by atoms with van der Waals surface area (Å²) in [5.74, 6) is -0.0687. The molecule has 0 atom stereocenters. The van der Waals surface area contributed by atoms with Crippen LogP contribution in [-0.2, 0) is 15.0 Å². The Labute approximate surface area is 181 Å². The average Bonchev–Trinajstić information content (AvgIpc) is 2.76. The van der Waals surface area contributed by atoms with E-state index in [1.807, 2.05) is 30.9 Å². The third-order valence-electron chi connectivity index (χ3n) is 5.93. The molecular weight excluding hydrogens is 402 g/mol. The summed E-state index contributed by atoms with van der Waals surface area (Å²) in [6.45, 7) is 9.05. The van der Waals surface area contributed by atoms with Gasteiger partial charge in [-0.25, -0.2) is 0 Å². The monoisotopic (exact) mass is 437 g/mol. The van der Waals surface area contributed by atoms with Crippen molar-refractivity contribution in [1.29, 1.82) is 0 Å². The van der Waals surface area contributed by atoms with Crippen molar-refractivity contribution in [3.63, 3.8) is 0 Å². The van der Waals surface area contributed by atoms with E-state index in [0.717, 1.165) is 18.8 Å². The Morgan fingerprint density at radius 1 is 0.933 bits per heavy atom. The molecule has 1 N–H and O–H groups in total. The maximum absolute atomic E-state index is 12.6. The van der Waals surface area contributed by atoms with Gasteiger partial charge in [-0.1, -0.05) is 13.8 Å². The fourth-order valence-electron chi connectivity index (χ4n) is 4.14. The fraction of sp³-hybridized carbons (Fsp3) is 0.667. The number of carbonyl (C=O) groups is 1. The molecule has 0 radical (unpaired) electrons. The lowest BCUT2D eigenvalue weighted by molar-refractivity contribution is -0.117. The van der Waals surface area contributed by atoms with E-state index >= 15 is 0 Å². The highest BCUT2D eigenvalue weighted by molar-refractivity contribution is 7.86. The second-order valence-corrected chi connectivity index (χ2v) is 9.84. The minimum absolute atomic E-state index is 0.0687. The fourth-order valence-corrected chi connectivity index (χ4v) is 5.75. The van der Waals surface area contributed by atoms with Crippen LogP contribution in [-0.4, -0.2) is 86.7 Å². The van der Waals surface area contributed by atoms with Crippen LogP contribution in [0, 0.1) is 0 Å².